The van der Waals surface area contributed by atoms with E-state index in [1.807, 2.05) is 28.8 Å². The van der Waals surface area contributed by atoms with E-state index in [-0.39, 0.29) is 36.5 Å². The van der Waals surface area contributed by atoms with Gasteiger partial charge in [-0.3, -0.25) is 39.8 Å². The number of thiazole rings is 1. The summed E-state index contributed by atoms with van der Waals surface area (Å²) in [6.07, 6.45) is 10.3. The highest BCUT2D eigenvalue weighted by Gasteiger charge is 2.42. The Morgan fingerprint density at radius 2 is 1.86 bits per heavy atom. The molecule has 2 fully saturated rings. The second-order valence-electron chi connectivity index (χ2n) is 14.8. The van der Waals surface area contributed by atoms with Crippen LogP contribution in [0, 0.1) is 5.82 Å². The van der Waals surface area contributed by atoms with Gasteiger partial charge in [0, 0.05) is 85.5 Å². The summed E-state index contributed by atoms with van der Waals surface area (Å²) < 4.78 is 17.9. The Bertz CT molecular complexity index is 2360. The van der Waals surface area contributed by atoms with E-state index in [0.29, 0.717) is 34.8 Å². The van der Waals surface area contributed by atoms with Crippen molar-refractivity contribution in [1.29, 1.82) is 0 Å². The molecule has 9 rings (SSSR count). The van der Waals surface area contributed by atoms with Crippen LogP contribution in [0.15, 0.2) is 66.7 Å². The molecule has 5 amide bonds. The number of hydrogen-bond donors (Lipinski definition) is 2. The van der Waals surface area contributed by atoms with Gasteiger partial charge in [-0.15, -0.1) is 11.3 Å². The predicted molar refractivity (Wildman–Crippen MR) is 210 cm³/mol. The van der Waals surface area contributed by atoms with Crippen LogP contribution in [0.2, 0.25) is 0 Å². The smallest absolute Gasteiger partial charge is 0.329 e. The second kappa shape index (κ2) is 15.1. The number of rotatable bonds is 10. The maximum absolute atomic E-state index is 15.9. The molecule has 2 aromatic carbocycles. The molecule has 0 radical (unpaired) electrons. The normalized spacial score (nSPS) is 17.6. The average Bonchev–Trinajstić information content (AvgIpc) is 4.03. The van der Waals surface area contributed by atoms with Gasteiger partial charge >= 0.3 is 6.03 Å². The number of benzene rings is 2. The van der Waals surface area contributed by atoms with Crippen molar-refractivity contribution < 1.29 is 23.6 Å². The lowest BCUT2D eigenvalue weighted by Gasteiger charge is -2.38. The van der Waals surface area contributed by atoms with Crippen molar-refractivity contribution in [2.75, 3.05) is 41.8 Å². The Morgan fingerprint density at radius 3 is 2.63 bits per heavy atom. The molecule has 4 aliphatic rings. The van der Waals surface area contributed by atoms with Gasteiger partial charge < -0.3 is 14.4 Å². The van der Waals surface area contributed by atoms with Crippen LogP contribution in [0.4, 0.5) is 25.8 Å². The molecule has 7 heterocycles. The number of carbonyl (C=O) groups is 4. The Balaban J connectivity index is 0.856. The van der Waals surface area contributed by atoms with Crippen molar-refractivity contribution in [1.82, 2.24) is 39.6 Å². The highest BCUT2D eigenvalue weighted by molar-refractivity contribution is 7.13. The molecule has 292 valence electrons. The first-order valence-corrected chi connectivity index (χ1v) is 19.9. The fourth-order valence-corrected chi connectivity index (χ4v) is 8.90. The first-order valence-electron chi connectivity index (χ1n) is 19.1. The molecule has 2 saturated heterocycles. The lowest BCUT2D eigenvalue weighted by atomic mass is 9.98. The average molecular weight is 790 g/mol. The third kappa shape index (κ3) is 7.12. The molecule has 1 atom stereocenters. The Morgan fingerprint density at radius 1 is 1.04 bits per heavy atom. The summed E-state index contributed by atoms with van der Waals surface area (Å²) in [5.74, 6) is -1.21. The number of imidazole rings is 1. The first-order chi connectivity index (χ1) is 27.7. The monoisotopic (exact) mass is 789 g/mol. The molecular formula is C40H40FN11O4S. The number of hydrogen-bond acceptors (Lipinski definition) is 11. The summed E-state index contributed by atoms with van der Waals surface area (Å²) >= 11 is 1.28. The lowest BCUT2D eigenvalue weighted by Crippen LogP contribution is -2.50. The van der Waals surface area contributed by atoms with Gasteiger partial charge in [0.25, 0.3) is 11.8 Å². The minimum atomic E-state index is -1.04. The fraction of sp³-hybridized carbons (Fsp3) is 0.350. The summed E-state index contributed by atoms with van der Waals surface area (Å²) in [5, 5.41) is 7.34. The summed E-state index contributed by atoms with van der Waals surface area (Å²) in [7, 11) is 2.07. The van der Waals surface area contributed by atoms with Crippen molar-refractivity contribution in [3.8, 4) is 11.1 Å². The number of nitrogens with zero attached hydrogens (tertiary/aromatic N) is 9. The van der Waals surface area contributed by atoms with Gasteiger partial charge in [-0.2, -0.15) is 0 Å². The van der Waals surface area contributed by atoms with Crippen LogP contribution in [0.1, 0.15) is 64.7 Å². The van der Waals surface area contributed by atoms with Crippen LogP contribution in [0.5, 0.6) is 0 Å². The molecule has 0 spiro atoms. The first kappa shape index (κ1) is 36.6. The van der Waals surface area contributed by atoms with E-state index in [0.717, 1.165) is 68.0 Å². The van der Waals surface area contributed by atoms with E-state index in [4.69, 9.17) is 0 Å². The van der Waals surface area contributed by atoms with Gasteiger partial charge in [-0.25, -0.2) is 24.1 Å². The highest BCUT2D eigenvalue weighted by Crippen LogP contribution is 2.38. The molecule has 0 aliphatic carbocycles. The van der Waals surface area contributed by atoms with Gasteiger partial charge in [-0.05, 0) is 68.1 Å². The van der Waals surface area contributed by atoms with Crippen molar-refractivity contribution in [3.63, 3.8) is 0 Å². The van der Waals surface area contributed by atoms with E-state index in [2.05, 4.69) is 47.4 Å². The molecule has 4 aliphatic heterocycles. The molecule has 2 N–H and O–H groups in total. The van der Waals surface area contributed by atoms with E-state index in [1.54, 1.807) is 30.2 Å². The number of carbonyl (C=O) groups excluding carboxylic acids is 4. The number of fused-ring (bicyclic) bond motifs is 2. The zero-order chi connectivity index (χ0) is 39.2. The van der Waals surface area contributed by atoms with Gasteiger partial charge in [-0.1, -0.05) is 12.1 Å². The third-order valence-electron chi connectivity index (χ3n) is 11.4. The van der Waals surface area contributed by atoms with Crippen molar-refractivity contribution in [2.45, 2.75) is 63.8 Å². The van der Waals surface area contributed by atoms with E-state index in [9.17, 15) is 19.2 Å². The van der Waals surface area contributed by atoms with Crippen LogP contribution >= 0.6 is 11.3 Å². The number of imide groups is 1. The number of amides is 5. The quantitative estimate of drug-likeness (QED) is 0.202. The molecule has 3 aromatic heterocycles. The van der Waals surface area contributed by atoms with Gasteiger partial charge in [0.2, 0.25) is 5.91 Å². The molecule has 0 saturated carbocycles. The summed E-state index contributed by atoms with van der Waals surface area (Å²) in [6, 6.07) is 9.95. The molecule has 57 heavy (non-hydrogen) atoms. The zero-order valence-electron chi connectivity index (χ0n) is 31.2. The standard InChI is InChI=1S/C40H40FN11O4S/c1-48(21-26-19-42-20-33(45-26)51-15-10-34(53)46-40(51)56)27-8-13-49(14-9-27)28-6-4-24(5-7-28)25-17-29-30(31(41)18-25)22-52(38(29)55)36(37(54)47-39-43-11-16-57-39)35-32-3-2-12-50(32)23-44-35/h4-7,11,16-20,23,27,36H,2-3,8-10,12-15,21-22H2,1H3,(H,43,47,54)(H,46,53,56). The number of halogens is 1. The van der Waals surface area contributed by atoms with Crippen LogP contribution in [-0.4, -0.2) is 90.8 Å². The van der Waals surface area contributed by atoms with Crippen LogP contribution < -0.4 is 20.4 Å². The number of aromatic nitrogens is 5. The molecule has 0 bridgehead atoms. The number of nitrogens with one attached hydrogen (secondary N) is 2. The Hall–Kier alpha value is -6.07. The summed E-state index contributed by atoms with van der Waals surface area (Å²) in [6.45, 7) is 3.27. The maximum Gasteiger partial charge on any atom is 0.329 e. The van der Waals surface area contributed by atoms with E-state index < -0.39 is 29.7 Å². The van der Waals surface area contributed by atoms with E-state index >= 15 is 4.39 Å². The highest BCUT2D eigenvalue weighted by atomic mass is 32.1. The number of urea groups is 1. The molecular weight excluding hydrogens is 750 g/mol. The molecule has 5 aromatic rings. The van der Waals surface area contributed by atoms with Crippen molar-refractivity contribution >= 4 is 51.7 Å². The molecule has 17 heteroatoms. The van der Waals surface area contributed by atoms with Crippen LogP contribution in [0.25, 0.3) is 11.1 Å². The van der Waals surface area contributed by atoms with Gasteiger partial charge in [0.05, 0.1) is 30.5 Å². The van der Waals surface area contributed by atoms with Crippen LogP contribution in [-0.2, 0) is 35.6 Å². The lowest BCUT2D eigenvalue weighted by molar-refractivity contribution is -0.121. The zero-order valence-corrected chi connectivity index (χ0v) is 32.0. The predicted octanol–water partition coefficient (Wildman–Crippen LogP) is 4.76. The van der Waals surface area contributed by atoms with E-state index in [1.165, 1.54) is 33.4 Å². The summed E-state index contributed by atoms with van der Waals surface area (Å²) in [5.41, 5.74) is 5.11. The topological polar surface area (TPSA) is 162 Å². The van der Waals surface area contributed by atoms with Gasteiger partial charge in [0.1, 0.15) is 5.82 Å². The largest absolute Gasteiger partial charge is 0.371 e. The minimum absolute atomic E-state index is 0.0487. The van der Waals surface area contributed by atoms with Crippen molar-refractivity contribution in [3.05, 3.63) is 101 Å². The van der Waals surface area contributed by atoms with Crippen molar-refractivity contribution in [2.24, 2.45) is 0 Å². The second-order valence-corrected chi connectivity index (χ2v) is 15.7. The van der Waals surface area contributed by atoms with Crippen LogP contribution in [0.3, 0.4) is 0 Å². The summed E-state index contributed by atoms with van der Waals surface area (Å²) in [4.78, 5) is 77.0. The fourth-order valence-electron chi connectivity index (χ4n) is 8.36. The van der Waals surface area contributed by atoms with Gasteiger partial charge in [0.15, 0.2) is 17.0 Å². The minimum Gasteiger partial charge on any atom is -0.371 e. The maximum atomic E-state index is 15.9. The number of aryl methyl sites for hydroxylation is 1. The SMILES string of the molecule is CN(Cc1cncc(N2CCC(=O)NC2=O)n1)C1CCN(c2ccc(-c3cc(F)c4c(c3)C(=O)N(C(C(=O)Nc3nccs3)c3ncn5c3CCC5)C4)cc2)CC1. The third-order valence-corrected chi connectivity index (χ3v) is 12.0. The molecule has 15 nitrogen and oxygen atoms in total. The number of anilines is 3. The Kier molecular flexibility index (Phi) is 9.70. The molecule has 1 unspecified atom stereocenters. The Labute approximate surface area is 331 Å². The number of piperidine rings is 1.